The van der Waals surface area contributed by atoms with Gasteiger partial charge in [0.1, 0.15) is 0 Å². The van der Waals surface area contributed by atoms with Gasteiger partial charge in [0.2, 0.25) is 5.91 Å². The Hall–Kier alpha value is -0.0500. The molecule has 1 saturated carbocycles. The zero-order chi connectivity index (χ0) is 8.81. The summed E-state index contributed by atoms with van der Waals surface area (Å²) in [6.45, 7) is 0.816. The number of halogens is 1. The summed E-state index contributed by atoms with van der Waals surface area (Å²) in [6, 6.07) is 0. The van der Waals surface area contributed by atoms with Crippen LogP contribution in [0.15, 0.2) is 0 Å². The molecule has 0 bridgehead atoms. The SMILES string of the molecule is O=C(CC1CCC1)NCCCBr. The fraction of sp³-hybridized carbons (Fsp3) is 0.889. The second-order valence-corrected chi connectivity index (χ2v) is 4.19. The van der Waals surface area contributed by atoms with Crippen molar-refractivity contribution < 1.29 is 4.79 Å². The molecule has 0 aliphatic heterocycles. The van der Waals surface area contributed by atoms with Crippen molar-refractivity contribution in [2.75, 3.05) is 11.9 Å². The Morgan fingerprint density at radius 1 is 1.50 bits per heavy atom. The number of hydrogen-bond acceptors (Lipinski definition) is 1. The van der Waals surface area contributed by atoms with Crippen molar-refractivity contribution in [2.45, 2.75) is 32.1 Å². The van der Waals surface area contributed by atoms with E-state index in [1.807, 2.05) is 0 Å². The highest BCUT2D eigenvalue weighted by atomic mass is 79.9. The molecular weight excluding hydrogens is 218 g/mol. The average molecular weight is 234 g/mol. The molecule has 0 atom stereocenters. The van der Waals surface area contributed by atoms with Gasteiger partial charge in [0.15, 0.2) is 0 Å². The number of carbonyl (C=O) groups is 1. The predicted octanol–water partition coefficient (Wildman–Crippen LogP) is 2.08. The Balaban J connectivity index is 1.95. The number of nitrogens with one attached hydrogen (secondary N) is 1. The van der Waals surface area contributed by atoms with Crippen molar-refractivity contribution >= 4 is 21.8 Å². The van der Waals surface area contributed by atoms with Gasteiger partial charge in [-0.15, -0.1) is 0 Å². The molecule has 3 heteroatoms. The second-order valence-electron chi connectivity index (χ2n) is 3.39. The van der Waals surface area contributed by atoms with Crippen LogP contribution in [0.5, 0.6) is 0 Å². The lowest BCUT2D eigenvalue weighted by Crippen LogP contribution is -2.28. The van der Waals surface area contributed by atoms with E-state index in [-0.39, 0.29) is 5.91 Å². The van der Waals surface area contributed by atoms with Crippen molar-refractivity contribution in [3.63, 3.8) is 0 Å². The molecule has 0 aromatic heterocycles. The maximum Gasteiger partial charge on any atom is 0.220 e. The quantitative estimate of drug-likeness (QED) is 0.572. The van der Waals surface area contributed by atoms with Crippen molar-refractivity contribution in [2.24, 2.45) is 5.92 Å². The number of carbonyl (C=O) groups excluding carboxylic acids is 1. The van der Waals surface area contributed by atoms with Gasteiger partial charge in [0.25, 0.3) is 0 Å². The number of alkyl halides is 1. The smallest absolute Gasteiger partial charge is 0.220 e. The highest BCUT2D eigenvalue weighted by Crippen LogP contribution is 2.28. The molecule has 0 spiro atoms. The van der Waals surface area contributed by atoms with Crippen molar-refractivity contribution in [3.8, 4) is 0 Å². The maximum atomic E-state index is 11.2. The summed E-state index contributed by atoms with van der Waals surface area (Å²) in [5, 5.41) is 3.88. The minimum atomic E-state index is 0.237. The Morgan fingerprint density at radius 2 is 2.25 bits per heavy atom. The molecule has 0 saturated heterocycles. The van der Waals surface area contributed by atoms with Gasteiger partial charge < -0.3 is 5.32 Å². The van der Waals surface area contributed by atoms with Gasteiger partial charge in [-0.25, -0.2) is 0 Å². The molecule has 70 valence electrons. The molecule has 0 heterocycles. The minimum absolute atomic E-state index is 0.237. The third-order valence-electron chi connectivity index (χ3n) is 2.33. The molecule has 0 aromatic rings. The van der Waals surface area contributed by atoms with Crippen molar-refractivity contribution in [3.05, 3.63) is 0 Å². The highest BCUT2D eigenvalue weighted by Gasteiger charge is 2.19. The summed E-state index contributed by atoms with van der Waals surface area (Å²) < 4.78 is 0. The molecule has 1 rings (SSSR count). The van der Waals surface area contributed by atoms with Gasteiger partial charge in [-0.1, -0.05) is 22.4 Å². The first kappa shape index (κ1) is 10.0. The van der Waals surface area contributed by atoms with Crippen molar-refractivity contribution in [1.82, 2.24) is 5.32 Å². The monoisotopic (exact) mass is 233 g/mol. The molecule has 1 aliphatic rings. The van der Waals surface area contributed by atoms with E-state index in [9.17, 15) is 4.79 Å². The molecule has 1 aliphatic carbocycles. The molecule has 1 fully saturated rings. The topological polar surface area (TPSA) is 29.1 Å². The second kappa shape index (κ2) is 5.57. The van der Waals surface area contributed by atoms with Crippen LogP contribution in [0.2, 0.25) is 0 Å². The number of amides is 1. The largest absolute Gasteiger partial charge is 0.356 e. The molecule has 0 aromatic carbocycles. The van der Waals surface area contributed by atoms with Crippen LogP contribution in [0.1, 0.15) is 32.1 Å². The Morgan fingerprint density at radius 3 is 2.75 bits per heavy atom. The summed E-state index contributed by atoms with van der Waals surface area (Å²) in [6.07, 6.45) is 5.61. The van der Waals surface area contributed by atoms with E-state index >= 15 is 0 Å². The van der Waals surface area contributed by atoms with E-state index in [4.69, 9.17) is 0 Å². The van der Waals surface area contributed by atoms with Gasteiger partial charge in [-0.3, -0.25) is 4.79 Å². The van der Waals surface area contributed by atoms with Crippen LogP contribution in [0.3, 0.4) is 0 Å². The summed E-state index contributed by atoms with van der Waals surface area (Å²) in [7, 11) is 0. The van der Waals surface area contributed by atoms with Crippen LogP contribution in [-0.4, -0.2) is 17.8 Å². The lowest BCUT2D eigenvalue weighted by molar-refractivity contribution is -0.122. The van der Waals surface area contributed by atoms with E-state index < -0.39 is 0 Å². The number of hydrogen-bond donors (Lipinski definition) is 1. The van der Waals surface area contributed by atoms with Crippen LogP contribution in [-0.2, 0) is 4.79 Å². The summed E-state index contributed by atoms with van der Waals surface area (Å²) in [5.74, 6) is 0.926. The lowest BCUT2D eigenvalue weighted by Gasteiger charge is -2.24. The van der Waals surface area contributed by atoms with E-state index in [1.165, 1.54) is 19.3 Å². The fourth-order valence-corrected chi connectivity index (χ4v) is 1.61. The fourth-order valence-electron chi connectivity index (χ4n) is 1.33. The molecule has 0 unspecified atom stereocenters. The third-order valence-corrected chi connectivity index (χ3v) is 2.89. The highest BCUT2D eigenvalue weighted by molar-refractivity contribution is 9.09. The maximum absolute atomic E-state index is 11.2. The van der Waals surface area contributed by atoms with E-state index in [0.29, 0.717) is 5.92 Å². The van der Waals surface area contributed by atoms with Crippen LogP contribution in [0.4, 0.5) is 0 Å². The van der Waals surface area contributed by atoms with Gasteiger partial charge in [0.05, 0.1) is 0 Å². The zero-order valence-corrected chi connectivity index (χ0v) is 8.90. The van der Waals surface area contributed by atoms with Gasteiger partial charge in [-0.05, 0) is 25.2 Å². The van der Waals surface area contributed by atoms with Crippen LogP contribution >= 0.6 is 15.9 Å². The van der Waals surface area contributed by atoms with Gasteiger partial charge >= 0.3 is 0 Å². The third kappa shape index (κ3) is 3.57. The molecular formula is C9H16BrNO. The summed E-state index contributed by atoms with van der Waals surface area (Å²) in [5.41, 5.74) is 0. The van der Waals surface area contributed by atoms with Gasteiger partial charge in [-0.2, -0.15) is 0 Å². The molecule has 2 nitrogen and oxygen atoms in total. The summed E-state index contributed by atoms with van der Waals surface area (Å²) in [4.78, 5) is 11.2. The number of rotatable bonds is 5. The summed E-state index contributed by atoms with van der Waals surface area (Å²) >= 11 is 3.32. The average Bonchev–Trinajstić information content (AvgIpc) is 1.98. The van der Waals surface area contributed by atoms with E-state index in [0.717, 1.165) is 24.7 Å². The van der Waals surface area contributed by atoms with E-state index in [1.54, 1.807) is 0 Å². The van der Waals surface area contributed by atoms with Crippen LogP contribution < -0.4 is 5.32 Å². The minimum Gasteiger partial charge on any atom is -0.356 e. The predicted molar refractivity (Wildman–Crippen MR) is 53.4 cm³/mol. The van der Waals surface area contributed by atoms with Crippen LogP contribution in [0, 0.1) is 5.92 Å². The Labute approximate surface area is 82.2 Å². The van der Waals surface area contributed by atoms with Crippen LogP contribution in [0.25, 0.3) is 0 Å². The first-order valence-electron chi connectivity index (χ1n) is 4.65. The van der Waals surface area contributed by atoms with Crippen molar-refractivity contribution in [1.29, 1.82) is 0 Å². The first-order valence-corrected chi connectivity index (χ1v) is 5.77. The standard InChI is InChI=1S/C9H16BrNO/c10-5-2-6-11-9(12)7-8-3-1-4-8/h8H,1-7H2,(H,11,12). The lowest BCUT2D eigenvalue weighted by atomic mass is 9.83. The van der Waals surface area contributed by atoms with E-state index in [2.05, 4.69) is 21.2 Å². The first-order chi connectivity index (χ1) is 5.83. The normalized spacial score (nSPS) is 17.1. The Bertz CT molecular complexity index is 145. The molecule has 12 heavy (non-hydrogen) atoms. The molecule has 1 N–H and O–H groups in total. The Kier molecular flexibility index (Phi) is 4.66. The van der Waals surface area contributed by atoms with Gasteiger partial charge in [0, 0.05) is 18.3 Å². The molecule has 1 amide bonds. The zero-order valence-electron chi connectivity index (χ0n) is 7.31. The molecule has 0 radical (unpaired) electrons.